The third-order valence-electron chi connectivity index (χ3n) is 4.85. The van der Waals surface area contributed by atoms with Crippen molar-refractivity contribution in [2.24, 2.45) is 0 Å². The lowest BCUT2D eigenvalue weighted by Crippen LogP contribution is -2.53. The first kappa shape index (κ1) is 21.7. The van der Waals surface area contributed by atoms with E-state index in [9.17, 15) is 13.6 Å². The molecule has 3 aromatic rings. The van der Waals surface area contributed by atoms with Crippen LogP contribution in [0.4, 0.5) is 8.78 Å². The number of aryl methyl sites for hydroxylation is 1. The summed E-state index contributed by atoms with van der Waals surface area (Å²) in [6.45, 7) is 3.79. The van der Waals surface area contributed by atoms with Crippen molar-refractivity contribution >= 4 is 5.97 Å². The molecule has 4 rings (SSSR count). The van der Waals surface area contributed by atoms with Gasteiger partial charge in [-0.2, -0.15) is 0 Å². The van der Waals surface area contributed by atoms with Gasteiger partial charge >= 0.3 is 5.97 Å². The molecular weight excluding hydrogens is 424 g/mol. The van der Waals surface area contributed by atoms with E-state index in [0.717, 1.165) is 6.54 Å². The van der Waals surface area contributed by atoms with E-state index in [1.54, 1.807) is 19.1 Å². The van der Waals surface area contributed by atoms with Gasteiger partial charge in [0.15, 0.2) is 0 Å². The number of hydrogen-bond acceptors (Lipinski definition) is 9. The van der Waals surface area contributed by atoms with Crippen LogP contribution in [-0.2, 0) is 11.4 Å². The molecule has 32 heavy (non-hydrogen) atoms. The fourth-order valence-corrected chi connectivity index (χ4v) is 3.09. The molecule has 0 aliphatic carbocycles. The largest absolute Gasteiger partial charge is 0.470 e. The normalized spacial score (nSPS) is 16.2. The first-order valence-electron chi connectivity index (χ1n) is 9.93. The van der Waals surface area contributed by atoms with E-state index in [4.69, 9.17) is 9.47 Å². The van der Waals surface area contributed by atoms with Crippen LogP contribution in [0.2, 0.25) is 0 Å². The van der Waals surface area contributed by atoms with Gasteiger partial charge in [0.1, 0.15) is 18.3 Å². The Bertz CT molecular complexity index is 1050. The second-order valence-corrected chi connectivity index (χ2v) is 7.06. The summed E-state index contributed by atoms with van der Waals surface area (Å²) in [7, 11) is 0. The quantitative estimate of drug-likeness (QED) is 0.520. The van der Waals surface area contributed by atoms with Gasteiger partial charge < -0.3 is 20.1 Å². The number of esters is 1. The summed E-state index contributed by atoms with van der Waals surface area (Å²) in [5.41, 5.74) is 1.75. The molecule has 168 valence electrons. The number of nitrogens with zero attached hydrogens (tertiary/aromatic N) is 5. The van der Waals surface area contributed by atoms with Gasteiger partial charge in [0, 0.05) is 37.3 Å². The molecule has 0 saturated carbocycles. The van der Waals surface area contributed by atoms with Gasteiger partial charge in [-0.05, 0) is 19.1 Å². The summed E-state index contributed by atoms with van der Waals surface area (Å²) >= 11 is 0. The van der Waals surface area contributed by atoms with E-state index in [-0.39, 0.29) is 23.9 Å². The van der Waals surface area contributed by atoms with E-state index in [2.05, 4.69) is 31.1 Å². The molecule has 10 nitrogen and oxygen atoms in total. The topological polar surface area (TPSA) is 116 Å². The van der Waals surface area contributed by atoms with Crippen molar-refractivity contribution in [1.29, 1.82) is 0 Å². The van der Waals surface area contributed by atoms with E-state index < -0.39 is 18.4 Å². The Morgan fingerprint density at radius 2 is 1.88 bits per heavy atom. The maximum atomic E-state index is 12.8. The number of aromatic nitrogens is 5. The summed E-state index contributed by atoms with van der Waals surface area (Å²) in [5.74, 6) is -0.164. The highest BCUT2D eigenvalue weighted by atomic mass is 19.3. The molecule has 0 bridgehead atoms. The third-order valence-corrected chi connectivity index (χ3v) is 4.85. The number of piperazine rings is 1. The Kier molecular flexibility index (Phi) is 6.61. The molecule has 1 aliphatic heterocycles. The molecule has 2 aromatic heterocycles. The fourth-order valence-electron chi connectivity index (χ4n) is 3.09. The van der Waals surface area contributed by atoms with Gasteiger partial charge in [-0.3, -0.25) is 0 Å². The molecule has 0 radical (unpaired) electrons. The van der Waals surface area contributed by atoms with Crippen molar-refractivity contribution < 1.29 is 23.0 Å². The van der Waals surface area contributed by atoms with Crippen molar-refractivity contribution in [1.82, 2.24) is 35.8 Å². The SMILES string of the molecule is Cc1nnn(-c2ccc(C(F)F)cc2)c1COc1ccc(OC(=O)C2CNCCN2)nn1. The minimum Gasteiger partial charge on any atom is -0.470 e. The number of carbonyl (C=O) groups is 1. The van der Waals surface area contributed by atoms with Crippen LogP contribution in [0.15, 0.2) is 36.4 Å². The molecule has 2 N–H and O–H groups in total. The molecule has 1 aliphatic rings. The number of ether oxygens (including phenoxy) is 2. The van der Waals surface area contributed by atoms with Crippen LogP contribution in [0, 0.1) is 6.92 Å². The van der Waals surface area contributed by atoms with Crippen LogP contribution in [0.5, 0.6) is 11.8 Å². The number of hydrogen-bond donors (Lipinski definition) is 2. The smallest absolute Gasteiger partial charge is 0.331 e. The van der Waals surface area contributed by atoms with E-state index in [0.29, 0.717) is 30.2 Å². The zero-order chi connectivity index (χ0) is 22.5. The number of halogens is 2. The lowest BCUT2D eigenvalue weighted by Gasteiger charge is -2.22. The van der Waals surface area contributed by atoms with Crippen LogP contribution >= 0.6 is 0 Å². The van der Waals surface area contributed by atoms with Crippen molar-refractivity contribution in [3.8, 4) is 17.4 Å². The number of carbonyl (C=O) groups excluding carboxylic acids is 1. The molecule has 12 heteroatoms. The number of rotatable bonds is 7. The Labute approximate surface area is 181 Å². The first-order chi connectivity index (χ1) is 15.5. The van der Waals surface area contributed by atoms with E-state index in [1.807, 2.05) is 0 Å². The summed E-state index contributed by atoms with van der Waals surface area (Å²) in [5, 5.41) is 22.0. The molecule has 1 unspecified atom stereocenters. The maximum Gasteiger partial charge on any atom is 0.331 e. The highest BCUT2D eigenvalue weighted by Crippen LogP contribution is 2.21. The van der Waals surface area contributed by atoms with Gasteiger partial charge in [-0.1, -0.05) is 17.3 Å². The second-order valence-electron chi connectivity index (χ2n) is 7.06. The highest BCUT2D eigenvalue weighted by molar-refractivity contribution is 5.78. The Morgan fingerprint density at radius 1 is 1.12 bits per heavy atom. The van der Waals surface area contributed by atoms with Crippen molar-refractivity contribution in [3.05, 3.63) is 53.3 Å². The summed E-state index contributed by atoms with van der Waals surface area (Å²) in [6.07, 6.45) is -2.54. The van der Waals surface area contributed by atoms with Crippen molar-refractivity contribution in [2.75, 3.05) is 19.6 Å². The summed E-state index contributed by atoms with van der Waals surface area (Å²) < 4.78 is 38.0. The molecule has 1 atom stereocenters. The monoisotopic (exact) mass is 445 g/mol. The Balaban J connectivity index is 1.38. The average Bonchev–Trinajstić information content (AvgIpc) is 3.19. The Morgan fingerprint density at radius 3 is 2.53 bits per heavy atom. The third kappa shape index (κ3) is 5.03. The molecule has 0 spiro atoms. The fraction of sp³-hybridized carbons (Fsp3) is 0.350. The predicted molar refractivity (Wildman–Crippen MR) is 108 cm³/mol. The standard InChI is InChI=1S/C20H21F2N7O3/c1-12-16(29(28-25-12)14-4-2-13(3-5-14)19(21)22)11-31-17-6-7-18(27-26-17)32-20(30)15-10-23-8-9-24-15/h2-7,15,19,23-24H,8-11H2,1H3. The number of alkyl halides is 2. The zero-order valence-electron chi connectivity index (χ0n) is 17.2. The molecular formula is C20H21F2N7O3. The molecule has 1 saturated heterocycles. The Hall–Kier alpha value is -3.51. The molecule has 0 amide bonds. The molecule has 1 fully saturated rings. The van der Waals surface area contributed by atoms with Gasteiger partial charge in [-0.25, -0.2) is 18.3 Å². The number of benzene rings is 1. The van der Waals surface area contributed by atoms with E-state index in [1.165, 1.54) is 28.9 Å². The summed E-state index contributed by atoms with van der Waals surface area (Å²) in [6, 6.07) is 8.34. The van der Waals surface area contributed by atoms with Crippen LogP contribution in [0.25, 0.3) is 5.69 Å². The lowest BCUT2D eigenvalue weighted by molar-refractivity contribution is -0.137. The number of nitrogens with one attached hydrogen (secondary N) is 2. The minimum absolute atomic E-state index is 0.0664. The maximum absolute atomic E-state index is 12.8. The van der Waals surface area contributed by atoms with Crippen molar-refractivity contribution in [3.63, 3.8) is 0 Å². The van der Waals surface area contributed by atoms with Gasteiger partial charge in [0.05, 0.1) is 11.4 Å². The van der Waals surface area contributed by atoms with Gasteiger partial charge in [0.2, 0.25) is 11.8 Å². The van der Waals surface area contributed by atoms with Crippen LogP contribution in [-0.4, -0.2) is 56.8 Å². The molecule has 3 heterocycles. The van der Waals surface area contributed by atoms with Crippen LogP contribution in [0.3, 0.4) is 0 Å². The van der Waals surface area contributed by atoms with Gasteiger partial charge in [0.25, 0.3) is 6.43 Å². The predicted octanol–water partition coefficient (Wildman–Crippen LogP) is 1.35. The van der Waals surface area contributed by atoms with Crippen LogP contribution < -0.4 is 20.1 Å². The van der Waals surface area contributed by atoms with E-state index >= 15 is 0 Å². The minimum atomic E-state index is -2.54. The summed E-state index contributed by atoms with van der Waals surface area (Å²) in [4.78, 5) is 12.1. The van der Waals surface area contributed by atoms with Crippen LogP contribution in [0.1, 0.15) is 23.4 Å². The first-order valence-corrected chi connectivity index (χ1v) is 9.93. The molecule has 1 aromatic carbocycles. The zero-order valence-corrected chi connectivity index (χ0v) is 17.2. The highest BCUT2D eigenvalue weighted by Gasteiger charge is 2.23. The average molecular weight is 445 g/mol. The van der Waals surface area contributed by atoms with Gasteiger partial charge in [-0.15, -0.1) is 15.3 Å². The lowest BCUT2D eigenvalue weighted by atomic mass is 10.2. The second kappa shape index (κ2) is 9.75. The van der Waals surface area contributed by atoms with Crippen molar-refractivity contribution in [2.45, 2.75) is 26.0 Å².